The fourth-order valence-electron chi connectivity index (χ4n) is 0.828. The zero-order chi connectivity index (χ0) is 10.8. The smallest absolute Gasteiger partial charge is 0.319 e. The molecule has 0 aromatic carbocycles. The van der Waals surface area contributed by atoms with Gasteiger partial charge in [-0.2, -0.15) is 0 Å². The largest absolute Gasteiger partial charge is 0.468 e. The van der Waals surface area contributed by atoms with Crippen LogP contribution in [-0.4, -0.2) is 39.4 Å². The number of hydrogen-bond donors (Lipinski definition) is 1. The second kappa shape index (κ2) is 8.97. The van der Waals surface area contributed by atoms with E-state index in [-0.39, 0.29) is 12.5 Å². The van der Waals surface area contributed by atoms with Gasteiger partial charge in [-0.15, -0.1) is 0 Å². The van der Waals surface area contributed by atoms with E-state index in [0.717, 1.165) is 13.0 Å². The van der Waals surface area contributed by atoms with Crippen LogP contribution < -0.4 is 5.32 Å². The lowest BCUT2D eigenvalue weighted by Gasteiger charge is -2.06. The lowest BCUT2D eigenvalue weighted by Crippen LogP contribution is -2.27. The van der Waals surface area contributed by atoms with Gasteiger partial charge in [0.05, 0.1) is 20.3 Å². The van der Waals surface area contributed by atoms with Gasteiger partial charge in [0.25, 0.3) is 0 Å². The number of ether oxygens (including phenoxy) is 2. The minimum atomic E-state index is -0.243. The Hall–Kier alpha value is -0.610. The van der Waals surface area contributed by atoms with Crippen LogP contribution in [0.2, 0.25) is 0 Å². The number of carbonyl (C=O) groups is 1. The molecule has 0 amide bonds. The Balaban J connectivity index is 3.03. The molecule has 4 heteroatoms. The van der Waals surface area contributed by atoms with E-state index in [1.54, 1.807) is 0 Å². The first-order valence-electron chi connectivity index (χ1n) is 5.02. The quantitative estimate of drug-likeness (QED) is 0.468. The van der Waals surface area contributed by atoms with Crippen LogP contribution in [0.25, 0.3) is 0 Å². The van der Waals surface area contributed by atoms with Crippen LogP contribution in [0.1, 0.15) is 20.3 Å². The maximum Gasteiger partial charge on any atom is 0.319 e. The average Bonchev–Trinajstić information content (AvgIpc) is 2.15. The Kier molecular flexibility index (Phi) is 8.57. The second-order valence-corrected chi connectivity index (χ2v) is 3.55. The van der Waals surface area contributed by atoms with Crippen molar-refractivity contribution < 1.29 is 14.3 Å². The molecule has 0 aromatic heterocycles. The van der Waals surface area contributed by atoms with E-state index in [9.17, 15) is 4.79 Å². The van der Waals surface area contributed by atoms with E-state index in [1.165, 1.54) is 7.11 Å². The lowest BCUT2D eigenvalue weighted by atomic mass is 10.1. The number of esters is 1. The minimum absolute atomic E-state index is 0.243. The van der Waals surface area contributed by atoms with Crippen LogP contribution >= 0.6 is 0 Å². The summed E-state index contributed by atoms with van der Waals surface area (Å²) in [5.41, 5.74) is 0. The van der Waals surface area contributed by atoms with Crippen molar-refractivity contribution in [3.8, 4) is 0 Å². The van der Waals surface area contributed by atoms with Crippen molar-refractivity contribution in [3.05, 3.63) is 0 Å². The van der Waals surface area contributed by atoms with Gasteiger partial charge in [-0.3, -0.25) is 4.79 Å². The molecule has 0 aliphatic heterocycles. The van der Waals surface area contributed by atoms with Gasteiger partial charge in [-0.05, 0) is 12.3 Å². The van der Waals surface area contributed by atoms with Gasteiger partial charge in [-0.25, -0.2) is 0 Å². The van der Waals surface area contributed by atoms with E-state index >= 15 is 0 Å². The Morgan fingerprint density at radius 3 is 2.64 bits per heavy atom. The molecule has 0 heterocycles. The molecule has 0 aliphatic carbocycles. The van der Waals surface area contributed by atoms with Crippen molar-refractivity contribution in [1.29, 1.82) is 0 Å². The topological polar surface area (TPSA) is 47.6 Å². The molecule has 0 unspecified atom stereocenters. The van der Waals surface area contributed by atoms with Gasteiger partial charge >= 0.3 is 5.97 Å². The summed E-state index contributed by atoms with van der Waals surface area (Å²) >= 11 is 0. The molecule has 0 rings (SSSR count). The van der Waals surface area contributed by atoms with Crippen LogP contribution in [0.3, 0.4) is 0 Å². The standard InChI is InChI=1S/C10H21NO3/c1-9(2)4-6-14-7-5-11-8-10(12)13-3/h9,11H,4-8H2,1-3H3. The van der Waals surface area contributed by atoms with E-state index in [0.29, 0.717) is 19.1 Å². The van der Waals surface area contributed by atoms with Gasteiger partial charge in [0.15, 0.2) is 0 Å². The average molecular weight is 203 g/mol. The summed E-state index contributed by atoms with van der Waals surface area (Å²) in [6.45, 7) is 6.70. The Morgan fingerprint density at radius 1 is 1.36 bits per heavy atom. The predicted octanol–water partition coefficient (Wildman–Crippen LogP) is 0.812. The summed E-state index contributed by atoms with van der Waals surface area (Å²) in [4.78, 5) is 10.7. The van der Waals surface area contributed by atoms with Crippen molar-refractivity contribution in [2.24, 2.45) is 5.92 Å². The van der Waals surface area contributed by atoms with Crippen molar-refractivity contribution in [2.45, 2.75) is 20.3 Å². The third-order valence-corrected chi connectivity index (χ3v) is 1.76. The molecule has 0 fully saturated rings. The molecule has 0 atom stereocenters. The fourth-order valence-corrected chi connectivity index (χ4v) is 0.828. The molecule has 0 bridgehead atoms. The molecule has 1 N–H and O–H groups in total. The third-order valence-electron chi connectivity index (χ3n) is 1.76. The monoisotopic (exact) mass is 203 g/mol. The van der Waals surface area contributed by atoms with E-state index in [2.05, 4.69) is 23.9 Å². The highest BCUT2D eigenvalue weighted by Crippen LogP contribution is 1.97. The summed E-state index contributed by atoms with van der Waals surface area (Å²) in [6.07, 6.45) is 1.08. The highest BCUT2D eigenvalue weighted by Gasteiger charge is 1.97. The molecule has 14 heavy (non-hydrogen) atoms. The molecule has 0 saturated heterocycles. The van der Waals surface area contributed by atoms with Crippen LogP contribution in [0.5, 0.6) is 0 Å². The summed E-state index contributed by atoms with van der Waals surface area (Å²) in [7, 11) is 1.38. The molecule has 0 radical (unpaired) electrons. The van der Waals surface area contributed by atoms with E-state index in [4.69, 9.17) is 4.74 Å². The van der Waals surface area contributed by atoms with Crippen LogP contribution in [0, 0.1) is 5.92 Å². The molecular formula is C10H21NO3. The van der Waals surface area contributed by atoms with Crippen LogP contribution in [0.4, 0.5) is 0 Å². The molecule has 4 nitrogen and oxygen atoms in total. The van der Waals surface area contributed by atoms with Gasteiger partial charge in [0, 0.05) is 13.2 Å². The zero-order valence-electron chi connectivity index (χ0n) is 9.34. The molecule has 0 aromatic rings. The fraction of sp³-hybridized carbons (Fsp3) is 0.900. The summed E-state index contributed by atoms with van der Waals surface area (Å²) in [5, 5.41) is 2.92. The predicted molar refractivity (Wildman–Crippen MR) is 55.2 cm³/mol. The van der Waals surface area contributed by atoms with Crippen molar-refractivity contribution >= 4 is 5.97 Å². The highest BCUT2D eigenvalue weighted by atomic mass is 16.5. The van der Waals surface area contributed by atoms with Gasteiger partial charge in [0.2, 0.25) is 0 Å². The maximum atomic E-state index is 10.7. The number of carbonyl (C=O) groups excluding carboxylic acids is 1. The number of rotatable bonds is 8. The number of methoxy groups -OCH3 is 1. The van der Waals surface area contributed by atoms with Crippen molar-refractivity contribution in [1.82, 2.24) is 5.32 Å². The van der Waals surface area contributed by atoms with Crippen molar-refractivity contribution in [3.63, 3.8) is 0 Å². The van der Waals surface area contributed by atoms with Crippen LogP contribution in [-0.2, 0) is 14.3 Å². The van der Waals surface area contributed by atoms with E-state index < -0.39 is 0 Å². The highest BCUT2D eigenvalue weighted by molar-refractivity contribution is 5.71. The normalized spacial score (nSPS) is 10.6. The van der Waals surface area contributed by atoms with Gasteiger partial charge < -0.3 is 14.8 Å². The lowest BCUT2D eigenvalue weighted by molar-refractivity contribution is -0.139. The Morgan fingerprint density at radius 2 is 2.07 bits per heavy atom. The van der Waals surface area contributed by atoms with Crippen LogP contribution in [0.15, 0.2) is 0 Å². The molecule has 84 valence electrons. The molecule has 0 aliphatic rings. The summed E-state index contributed by atoms with van der Waals surface area (Å²) in [5.74, 6) is 0.435. The van der Waals surface area contributed by atoms with Gasteiger partial charge in [-0.1, -0.05) is 13.8 Å². The first kappa shape index (κ1) is 13.4. The Labute approximate surface area is 86.0 Å². The summed E-state index contributed by atoms with van der Waals surface area (Å²) < 4.78 is 9.81. The third kappa shape index (κ3) is 9.48. The van der Waals surface area contributed by atoms with E-state index in [1.807, 2.05) is 0 Å². The van der Waals surface area contributed by atoms with Crippen molar-refractivity contribution in [2.75, 3.05) is 33.4 Å². The SMILES string of the molecule is COC(=O)CNCCOCCC(C)C. The van der Waals surface area contributed by atoms with Gasteiger partial charge in [0.1, 0.15) is 0 Å². The minimum Gasteiger partial charge on any atom is -0.468 e. The molecule has 0 spiro atoms. The summed E-state index contributed by atoms with van der Waals surface area (Å²) in [6, 6.07) is 0. The second-order valence-electron chi connectivity index (χ2n) is 3.55. The number of nitrogens with one attached hydrogen (secondary N) is 1. The molecule has 0 saturated carbocycles. The Bertz CT molecular complexity index is 148. The number of hydrogen-bond acceptors (Lipinski definition) is 4. The maximum absolute atomic E-state index is 10.7. The first-order valence-corrected chi connectivity index (χ1v) is 5.02. The zero-order valence-corrected chi connectivity index (χ0v) is 9.34. The first-order chi connectivity index (χ1) is 6.66. The molecular weight excluding hydrogens is 182 g/mol.